The quantitative estimate of drug-likeness (QED) is 0.608. The highest BCUT2D eigenvalue weighted by Crippen LogP contribution is 2.38. The first kappa shape index (κ1) is 23.4. The number of aliphatic imine (C=N–C) groups is 1. The van der Waals surface area contributed by atoms with Crippen LogP contribution in [-0.4, -0.2) is 84.4 Å². The number of benzene rings is 2. The molecule has 33 heavy (non-hydrogen) atoms. The summed E-state index contributed by atoms with van der Waals surface area (Å²) in [6.45, 7) is 6.22. The van der Waals surface area contributed by atoms with Gasteiger partial charge in [0.2, 0.25) is 0 Å². The topological polar surface area (TPSA) is 76.4 Å². The van der Waals surface area contributed by atoms with Crippen molar-refractivity contribution < 1.29 is 15.0 Å². The lowest BCUT2D eigenvalue weighted by atomic mass is 9.80. The summed E-state index contributed by atoms with van der Waals surface area (Å²) in [5.41, 5.74) is 3.68. The molecule has 174 valence electrons. The summed E-state index contributed by atoms with van der Waals surface area (Å²) in [4.78, 5) is 21.9. The van der Waals surface area contributed by atoms with Crippen LogP contribution in [-0.2, 0) is 4.79 Å². The number of allylic oxidation sites excluding steroid dienone is 2. The molecule has 0 radical (unpaired) electrons. The van der Waals surface area contributed by atoms with Crippen LogP contribution in [0.5, 0.6) is 0 Å². The Morgan fingerprint density at radius 1 is 0.909 bits per heavy atom. The molecule has 2 N–H and O–H groups in total. The zero-order valence-electron chi connectivity index (χ0n) is 19.1. The molecule has 1 aliphatic carbocycles. The first-order valence-corrected chi connectivity index (χ1v) is 11.8. The third kappa shape index (κ3) is 5.96. The Labute approximate surface area is 195 Å². The zero-order chi connectivity index (χ0) is 23.0. The number of nitrogens with zero attached hydrogens (tertiary/aromatic N) is 3. The zero-order valence-corrected chi connectivity index (χ0v) is 19.1. The van der Waals surface area contributed by atoms with Gasteiger partial charge in [0.15, 0.2) is 5.78 Å². The van der Waals surface area contributed by atoms with Gasteiger partial charge in [-0.25, -0.2) is 0 Å². The van der Waals surface area contributed by atoms with Crippen molar-refractivity contribution in [3.05, 3.63) is 71.5 Å². The van der Waals surface area contributed by atoms with E-state index >= 15 is 0 Å². The summed E-state index contributed by atoms with van der Waals surface area (Å²) in [5, 5.41) is 19.7. The van der Waals surface area contributed by atoms with Crippen molar-refractivity contribution in [1.82, 2.24) is 9.80 Å². The molecule has 6 nitrogen and oxygen atoms in total. The van der Waals surface area contributed by atoms with Crippen molar-refractivity contribution in [3.8, 4) is 11.1 Å². The predicted octanol–water partition coefficient (Wildman–Crippen LogP) is 3.29. The van der Waals surface area contributed by atoms with Crippen LogP contribution in [0.3, 0.4) is 0 Å². The summed E-state index contributed by atoms with van der Waals surface area (Å²) in [5.74, 6) is 0.0507. The van der Waals surface area contributed by atoms with E-state index in [4.69, 9.17) is 5.11 Å². The lowest BCUT2D eigenvalue weighted by Gasteiger charge is -2.33. The number of rotatable bonds is 8. The summed E-state index contributed by atoms with van der Waals surface area (Å²) in [6.07, 6.45) is 2.39. The molecule has 0 bridgehead atoms. The minimum absolute atomic E-state index is 0.0405. The molecule has 2 aliphatic rings. The van der Waals surface area contributed by atoms with E-state index in [2.05, 4.69) is 39.1 Å². The number of Topliss-reactive ketones (excluding diaryl/α,β-unsaturated/α-hetero) is 1. The van der Waals surface area contributed by atoms with E-state index in [1.807, 2.05) is 30.3 Å². The maximum absolute atomic E-state index is 12.9. The summed E-state index contributed by atoms with van der Waals surface area (Å²) in [6, 6.07) is 18.3. The molecule has 1 aliphatic heterocycles. The number of aliphatic hydroxyl groups is 2. The lowest BCUT2D eigenvalue weighted by molar-refractivity contribution is -0.116. The van der Waals surface area contributed by atoms with E-state index in [1.54, 1.807) is 6.21 Å². The Balaban J connectivity index is 1.37. The first-order chi connectivity index (χ1) is 16.2. The van der Waals surface area contributed by atoms with Gasteiger partial charge in [-0.05, 0) is 22.6 Å². The third-order valence-electron chi connectivity index (χ3n) is 6.62. The Kier molecular flexibility index (Phi) is 8.05. The standard InChI is InChI=1S/C27H33N3O3/c31-17-16-30-14-12-29(13-15-30)11-10-28-20-25-26(32)18-22(19-27(25)33)24-9-5-4-8-23(24)21-6-2-1-3-7-21/h1-9,20,22,31-32H,10-19H2. The number of carbonyl (C=O) groups is 1. The summed E-state index contributed by atoms with van der Waals surface area (Å²) < 4.78 is 0. The minimum Gasteiger partial charge on any atom is -0.511 e. The van der Waals surface area contributed by atoms with E-state index in [0.29, 0.717) is 25.0 Å². The SMILES string of the molecule is O=C1CC(c2ccccc2-c2ccccc2)CC(O)=C1C=NCCN1CCN(CCO)CC1. The van der Waals surface area contributed by atoms with Gasteiger partial charge in [-0.15, -0.1) is 0 Å². The van der Waals surface area contributed by atoms with Gasteiger partial charge in [0, 0.05) is 58.3 Å². The molecule has 2 aromatic carbocycles. The average Bonchev–Trinajstić information content (AvgIpc) is 2.85. The molecule has 1 unspecified atom stereocenters. The summed E-state index contributed by atoms with van der Waals surface area (Å²) >= 11 is 0. The number of carbonyl (C=O) groups excluding carboxylic acids is 1. The molecule has 6 heteroatoms. The second-order valence-corrected chi connectivity index (χ2v) is 8.78. The Hall–Kier alpha value is -2.80. The van der Waals surface area contributed by atoms with Crippen molar-refractivity contribution in [2.24, 2.45) is 4.99 Å². The van der Waals surface area contributed by atoms with Gasteiger partial charge in [0.1, 0.15) is 5.76 Å². The molecule has 1 fully saturated rings. The number of hydrogen-bond acceptors (Lipinski definition) is 6. The van der Waals surface area contributed by atoms with Gasteiger partial charge >= 0.3 is 0 Å². The highest BCUT2D eigenvalue weighted by atomic mass is 16.3. The molecule has 0 aromatic heterocycles. The predicted molar refractivity (Wildman–Crippen MR) is 132 cm³/mol. The van der Waals surface area contributed by atoms with Crippen molar-refractivity contribution in [2.75, 3.05) is 52.4 Å². The van der Waals surface area contributed by atoms with Crippen LogP contribution in [0.1, 0.15) is 24.3 Å². The highest BCUT2D eigenvalue weighted by molar-refractivity contribution is 6.14. The molecule has 4 rings (SSSR count). The Morgan fingerprint density at radius 2 is 1.58 bits per heavy atom. The van der Waals surface area contributed by atoms with Crippen LogP contribution in [0.15, 0.2) is 70.9 Å². The molecule has 1 atom stereocenters. The van der Waals surface area contributed by atoms with E-state index in [1.165, 1.54) is 0 Å². The minimum atomic E-state index is -0.0482. The molecule has 0 spiro atoms. The van der Waals surface area contributed by atoms with Gasteiger partial charge < -0.3 is 10.2 Å². The molecular weight excluding hydrogens is 414 g/mol. The van der Waals surface area contributed by atoms with Gasteiger partial charge in [-0.3, -0.25) is 19.6 Å². The Bertz CT molecular complexity index is 995. The van der Waals surface area contributed by atoms with Crippen LogP contribution >= 0.6 is 0 Å². The van der Waals surface area contributed by atoms with Gasteiger partial charge in [0.25, 0.3) is 0 Å². The van der Waals surface area contributed by atoms with Crippen LogP contribution in [0.2, 0.25) is 0 Å². The normalized spacial score (nSPS) is 20.6. The number of ketones is 1. The molecule has 1 saturated heterocycles. The van der Waals surface area contributed by atoms with Crippen molar-refractivity contribution >= 4 is 12.0 Å². The maximum atomic E-state index is 12.9. The molecule has 1 heterocycles. The molecule has 2 aromatic rings. The number of aliphatic hydroxyl groups excluding tert-OH is 2. The van der Waals surface area contributed by atoms with Crippen LogP contribution in [0.25, 0.3) is 11.1 Å². The largest absolute Gasteiger partial charge is 0.511 e. The first-order valence-electron chi connectivity index (χ1n) is 11.8. The van der Waals surface area contributed by atoms with Gasteiger partial charge in [0.05, 0.1) is 18.7 Å². The van der Waals surface area contributed by atoms with E-state index < -0.39 is 0 Å². The summed E-state index contributed by atoms with van der Waals surface area (Å²) in [7, 11) is 0. The smallest absolute Gasteiger partial charge is 0.168 e. The maximum Gasteiger partial charge on any atom is 0.168 e. The van der Waals surface area contributed by atoms with Crippen LogP contribution in [0.4, 0.5) is 0 Å². The lowest BCUT2D eigenvalue weighted by Crippen LogP contribution is -2.47. The highest BCUT2D eigenvalue weighted by Gasteiger charge is 2.29. The molecule has 0 amide bonds. The average molecular weight is 448 g/mol. The van der Waals surface area contributed by atoms with Gasteiger partial charge in [-0.1, -0.05) is 54.6 Å². The number of hydrogen-bond donors (Lipinski definition) is 2. The fourth-order valence-corrected chi connectivity index (χ4v) is 4.74. The van der Waals surface area contributed by atoms with Crippen LogP contribution in [0, 0.1) is 0 Å². The van der Waals surface area contributed by atoms with E-state index in [0.717, 1.165) is 56.0 Å². The van der Waals surface area contributed by atoms with Crippen LogP contribution < -0.4 is 0 Å². The van der Waals surface area contributed by atoms with Crippen molar-refractivity contribution in [1.29, 1.82) is 0 Å². The van der Waals surface area contributed by atoms with Crippen molar-refractivity contribution in [3.63, 3.8) is 0 Å². The monoisotopic (exact) mass is 447 g/mol. The number of piperazine rings is 1. The van der Waals surface area contributed by atoms with Gasteiger partial charge in [-0.2, -0.15) is 0 Å². The fraction of sp³-hybridized carbons (Fsp3) is 0.407. The fourth-order valence-electron chi connectivity index (χ4n) is 4.74. The number of β-amino-alcohol motifs (C(OH)–C–C–N with tert-alkyl or cyclic N) is 1. The van der Waals surface area contributed by atoms with E-state index in [9.17, 15) is 9.90 Å². The van der Waals surface area contributed by atoms with Crippen molar-refractivity contribution in [2.45, 2.75) is 18.8 Å². The van der Waals surface area contributed by atoms with E-state index in [-0.39, 0.29) is 24.1 Å². The second kappa shape index (κ2) is 11.4. The third-order valence-corrected chi connectivity index (χ3v) is 6.62. The Morgan fingerprint density at radius 3 is 2.27 bits per heavy atom. The molecular formula is C27H33N3O3. The second-order valence-electron chi connectivity index (χ2n) is 8.78. The molecule has 0 saturated carbocycles.